The third kappa shape index (κ3) is 4.94. The van der Waals surface area contributed by atoms with Crippen molar-refractivity contribution in [2.24, 2.45) is 0 Å². The number of nitrogens with one attached hydrogen (secondary N) is 1. The zero-order valence-corrected chi connectivity index (χ0v) is 13.7. The van der Waals surface area contributed by atoms with Gasteiger partial charge in [0.05, 0.1) is 36.6 Å². The van der Waals surface area contributed by atoms with Gasteiger partial charge in [-0.25, -0.2) is 4.98 Å². The van der Waals surface area contributed by atoms with Crippen LogP contribution in [-0.2, 0) is 14.3 Å². The fourth-order valence-electron chi connectivity index (χ4n) is 1.87. The Labute approximate surface area is 134 Å². The largest absolute Gasteiger partial charge is 0.382 e. The number of anilines is 1. The number of likely N-dealkylation sites (N-methyl/N-ethyl adjacent to an activating group) is 1. The molecule has 0 fully saturated rings. The van der Waals surface area contributed by atoms with E-state index in [1.54, 1.807) is 18.4 Å². The third-order valence-electron chi connectivity index (χ3n) is 2.99. The van der Waals surface area contributed by atoms with Gasteiger partial charge in [-0.15, -0.1) is 0 Å². The Morgan fingerprint density at radius 2 is 2.14 bits per heavy atom. The molecule has 0 aliphatic carbocycles. The molecule has 7 heteroatoms. The van der Waals surface area contributed by atoms with Crippen LogP contribution in [0, 0.1) is 0 Å². The summed E-state index contributed by atoms with van der Waals surface area (Å²) >= 11 is 1.58. The van der Waals surface area contributed by atoms with Crippen LogP contribution in [0.15, 0.2) is 24.3 Å². The van der Waals surface area contributed by atoms with Gasteiger partial charge in [-0.05, 0) is 12.1 Å². The van der Waals surface area contributed by atoms with Crippen molar-refractivity contribution in [3.05, 3.63) is 24.3 Å². The molecule has 1 aromatic heterocycles. The molecule has 2 aromatic rings. The number of amides is 1. The summed E-state index contributed by atoms with van der Waals surface area (Å²) in [4.78, 5) is 18.2. The molecule has 1 aromatic carbocycles. The van der Waals surface area contributed by atoms with Crippen LogP contribution in [0.3, 0.4) is 0 Å². The highest BCUT2D eigenvalue weighted by molar-refractivity contribution is 7.22. The molecule has 22 heavy (non-hydrogen) atoms. The van der Waals surface area contributed by atoms with E-state index in [4.69, 9.17) is 9.47 Å². The molecular weight excluding hydrogens is 302 g/mol. The van der Waals surface area contributed by atoms with Crippen LogP contribution >= 0.6 is 11.3 Å². The number of ether oxygens (including phenoxy) is 2. The maximum absolute atomic E-state index is 11.9. The molecule has 120 valence electrons. The van der Waals surface area contributed by atoms with Gasteiger partial charge in [-0.2, -0.15) is 0 Å². The second-order valence-electron chi connectivity index (χ2n) is 4.78. The Hall–Kier alpha value is -1.70. The average molecular weight is 323 g/mol. The zero-order valence-electron chi connectivity index (χ0n) is 12.9. The molecular formula is C15H21N3O3S. The summed E-state index contributed by atoms with van der Waals surface area (Å²) in [5.74, 6) is -0.0444. The predicted molar refractivity (Wildman–Crippen MR) is 88.6 cm³/mol. The molecule has 1 N–H and O–H groups in total. The van der Waals surface area contributed by atoms with E-state index < -0.39 is 0 Å². The highest BCUT2D eigenvalue weighted by Crippen LogP contribution is 2.27. The molecule has 0 aliphatic rings. The molecule has 0 atom stereocenters. The van der Waals surface area contributed by atoms with Gasteiger partial charge in [0.1, 0.15) is 0 Å². The molecule has 0 aliphatic heterocycles. The van der Waals surface area contributed by atoms with Crippen molar-refractivity contribution in [2.75, 3.05) is 52.0 Å². The summed E-state index contributed by atoms with van der Waals surface area (Å²) < 4.78 is 11.3. The Bertz CT molecular complexity index is 569. The molecule has 0 saturated carbocycles. The van der Waals surface area contributed by atoms with Crippen molar-refractivity contribution >= 4 is 32.6 Å². The number of rotatable bonds is 9. The molecule has 0 spiro atoms. The molecule has 0 radical (unpaired) electrons. The number of hydrogen-bond acceptors (Lipinski definition) is 6. The van der Waals surface area contributed by atoms with E-state index in [1.165, 1.54) is 0 Å². The zero-order chi connectivity index (χ0) is 15.8. The quantitative estimate of drug-likeness (QED) is 0.709. The monoisotopic (exact) mass is 323 g/mol. The lowest BCUT2D eigenvalue weighted by Crippen LogP contribution is -2.36. The van der Waals surface area contributed by atoms with Crippen molar-refractivity contribution in [2.45, 2.75) is 0 Å². The van der Waals surface area contributed by atoms with Crippen molar-refractivity contribution in [3.63, 3.8) is 0 Å². The first-order valence-electron chi connectivity index (χ1n) is 7.11. The van der Waals surface area contributed by atoms with Crippen molar-refractivity contribution in [3.8, 4) is 0 Å². The van der Waals surface area contributed by atoms with Crippen molar-refractivity contribution < 1.29 is 14.3 Å². The Balaban J connectivity index is 1.74. The Morgan fingerprint density at radius 3 is 2.91 bits per heavy atom. The maximum atomic E-state index is 11.9. The summed E-state index contributed by atoms with van der Waals surface area (Å²) in [7, 11) is 3.50. The Morgan fingerprint density at radius 1 is 1.32 bits per heavy atom. The number of para-hydroxylation sites is 1. The fourth-order valence-corrected chi connectivity index (χ4v) is 2.80. The number of carbonyl (C=O) groups excluding carboxylic acids is 1. The highest BCUT2D eigenvalue weighted by atomic mass is 32.1. The maximum Gasteiger partial charge on any atom is 0.239 e. The van der Waals surface area contributed by atoms with E-state index in [-0.39, 0.29) is 12.5 Å². The average Bonchev–Trinajstić information content (AvgIpc) is 2.95. The first-order chi connectivity index (χ1) is 10.7. The topological polar surface area (TPSA) is 63.7 Å². The number of nitrogens with zero attached hydrogens (tertiary/aromatic N) is 2. The number of thiazole rings is 1. The van der Waals surface area contributed by atoms with Crippen LogP contribution in [-0.4, -0.2) is 58.0 Å². The van der Waals surface area contributed by atoms with Gasteiger partial charge in [-0.3, -0.25) is 4.79 Å². The fraction of sp³-hybridized carbons (Fsp3) is 0.467. The number of fused-ring (bicyclic) bond motifs is 1. The van der Waals surface area contributed by atoms with Crippen molar-refractivity contribution in [1.29, 1.82) is 0 Å². The Kier molecular flexibility index (Phi) is 6.57. The van der Waals surface area contributed by atoms with E-state index in [1.807, 2.05) is 36.2 Å². The highest BCUT2D eigenvalue weighted by Gasteiger charge is 2.11. The number of carbonyl (C=O) groups is 1. The summed E-state index contributed by atoms with van der Waals surface area (Å²) in [5.41, 5.74) is 0.960. The van der Waals surface area contributed by atoms with Gasteiger partial charge in [0.2, 0.25) is 5.91 Å². The van der Waals surface area contributed by atoms with E-state index in [9.17, 15) is 4.79 Å². The predicted octanol–water partition coefficient (Wildman–Crippen LogP) is 1.51. The minimum atomic E-state index is -0.0444. The van der Waals surface area contributed by atoms with Gasteiger partial charge in [0.15, 0.2) is 5.13 Å². The van der Waals surface area contributed by atoms with E-state index in [2.05, 4.69) is 10.3 Å². The summed E-state index contributed by atoms with van der Waals surface area (Å²) in [6.45, 7) is 2.36. The van der Waals surface area contributed by atoms with Gasteiger partial charge in [-0.1, -0.05) is 23.5 Å². The van der Waals surface area contributed by atoms with E-state index in [0.29, 0.717) is 26.4 Å². The molecule has 1 heterocycles. The second kappa shape index (κ2) is 8.67. The molecule has 0 bridgehead atoms. The number of benzene rings is 1. The first kappa shape index (κ1) is 16.7. The van der Waals surface area contributed by atoms with Gasteiger partial charge < -0.3 is 19.7 Å². The third-order valence-corrected chi connectivity index (χ3v) is 4.14. The van der Waals surface area contributed by atoms with Crippen LogP contribution in [0.1, 0.15) is 0 Å². The SMILES string of the molecule is COCCOCCNC(=O)CN(C)c1nc2ccccc2s1. The van der Waals surface area contributed by atoms with Gasteiger partial charge in [0.25, 0.3) is 0 Å². The number of methoxy groups -OCH3 is 1. The summed E-state index contributed by atoms with van der Waals surface area (Å²) in [6, 6.07) is 7.95. The minimum Gasteiger partial charge on any atom is -0.382 e. The van der Waals surface area contributed by atoms with Gasteiger partial charge in [0, 0.05) is 20.7 Å². The van der Waals surface area contributed by atoms with Crippen LogP contribution < -0.4 is 10.2 Å². The smallest absolute Gasteiger partial charge is 0.239 e. The molecule has 6 nitrogen and oxygen atoms in total. The lowest BCUT2D eigenvalue weighted by molar-refractivity contribution is -0.120. The van der Waals surface area contributed by atoms with E-state index >= 15 is 0 Å². The lowest BCUT2D eigenvalue weighted by Gasteiger charge is -2.15. The molecule has 2 rings (SSSR count). The van der Waals surface area contributed by atoms with E-state index in [0.717, 1.165) is 15.3 Å². The van der Waals surface area contributed by atoms with Crippen LogP contribution in [0.4, 0.5) is 5.13 Å². The number of hydrogen-bond donors (Lipinski definition) is 1. The normalized spacial score (nSPS) is 10.8. The second-order valence-corrected chi connectivity index (χ2v) is 5.78. The summed E-state index contributed by atoms with van der Waals surface area (Å²) in [6.07, 6.45) is 0. The van der Waals surface area contributed by atoms with Gasteiger partial charge >= 0.3 is 0 Å². The molecule has 0 unspecified atom stereocenters. The first-order valence-corrected chi connectivity index (χ1v) is 7.92. The minimum absolute atomic E-state index is 0.0444. The van der Waals surface area contributed by atoms with Crippen LogP contribution in [0.2, 0.25) is 0 Å². The number of aromatic nitrogens is 1. The molecule has 0 saturated heterocycles. The van der Waals surface area contributed by atoms with Crippen LogP contribution in [0.5, 0.6) is 0 Å². The summed E-state index contributed by atoms with van der Waals surface area (Å²) in [5, 5.41) is 3.66. The van der Waals surface area contributed by atoms with Crippen molar-refractivity contribution in [1.82, 2.24) is 10.3 Å². The van der Waals surface area contributed by atoms with Crippen LogP contribution in [0.25, 0.3) is 10.2 Å². The lowest BCUT2D eigenvalue weighted by atomic mass is 10.3. The molecule has 1 amide bonds. The standard InChI is InChI=1S/C15H21N3O3S/c1-18(11-14(19)16-7-8-21-10-9-20-2)15-17-12-5-3-4-6-13(12)22-15/h3-6H,7-11H2,1-2H3,(H,16,19).